The van der Waals surface area contributed by atoms with Gasteiger partial charge >= 0.3 is 0 Å². The Hall–Kier alpha value is -1.20. The monoisotopic (exact) mass is 333 g/mol. The zero-order valence-corrected chi connectivity index (χ0v) is 15.1. The lowest BCUT2D eigenvalue weighted by Crippen LogP contribution is -2.46. The number of aliphatic hydroxyl groups excluding tert-OH is 1. The Morgan fingerprint density at radius 1 is 1.33 bits per heavy atom. The summed E-state index contributed by atoms with van der Waals surface area (Å²) in [6, 6.07) is 2.15. The van der Waals surface area contributed by atoms with E-state index in [1.807, 2.05) is 0 Å². The summed E-state index contributed by atoms with van der Waals surface area (Å²) in [7, 11) is 1.74. The summed E-state index contributed by atoms with van der Waals surface area (Å²) in [5, 5.41) is 10.0. The molecule has 2 aliphatic rings. The topological polar surface area (TPSA) is 58.5 Å². The van der Waals surface area contributed by atoms with Gasteiger partial charge in [0, 0.05) is 49.5 Å². The summed E-state index contributed by atoms with van der Waals surface area (Å²) in [5.74, 6) is 1.49. The third-order valence-electron chi connectivity index (χ3n) is 5.72. The van der Waals surface area contributed by atoms with Crippen LogP contribution in [-0.2, 0) is 4.74 Å². The normalized spacial score (nSPS) is 24.9. The van der Waals surface area contributed by atoms with Crippen molar-refractivity contribution >= 4 is 5.95 Å². The molecule has 0 amide bonds. The Labute approximate surface area is 145 Å². The molecular formula is C19H31N3O2. The van der Waals surface area contributed by atoms with Gasteiger partial charge < -0.3 is 14.7 Å². The van der Waals surface area contributed by atoms with Crippen molar-refractivity contribution in [1.82, 2.24) is 9.97 Å². The van der Waals surface area contributed by atoms with Crippen molar-refractivity contribution in [2.45, 2.75) is 57.8 Å². The number of aryl methyl sites for hydroxylation is 1. The van der Waals surface area contributed by atoms with Gasteiger partial charge in [-0.15, -0.1) is 0 Å². The van der Waals surface area contributed by atoms with Gasteiger partial charge in [-0.3, -0.25) is 0 Å². The molecule has 5 heteroatoms. The molecule has 1 atom stereocenters. The van der Waals surface area contributed by atoms with Crippen molar-refractivity contribution in [3.05, 3.63) is 17.5 Å². The molecule has 1 aromatic rings. The van der Waals surface area contributed by atoms with Crippen LogP contribution in [0.15, 0.2) is 6.07 Å². The van der Waals surface area contributed by atoms with Crippen molar-refractivity contribution < 1.29 is 9.84 Å². The molecule has 1 aliphatic heterocycles. The molecule has 2 heterocycles. The Morgan fingerprint density at radius 2 is 2.17 bits per heavy atom. The average Bonchev–Trinajstić information content (AvgIpc) is 2.53. The van der Waals surface area contributed by atoms with Gasteiger partial charge in [-0.2, -0.15) is 0 Å². The highest BCUT2D eigenvalue weighted by atomic mass is 16.5. The van der Waals surface area contributed by atoms with Gasteiger partial charge in [0.25, 0.3) is 0 Å². The van der Waals surface area contributed by atoms with E-state index in [0.717, 1.165) is 57.0 Å². The molecule has 0 spiro atoms. The minimum absolute atomic E-state index is 0.0412. The second kappa shape index (κ2) is 7.79. The first-order valence-electron chi connectivity index (χ1n) is 9.36. The molecule has 2 fully saturated rings. The molecular weight excluding hydrogens is 302 g/mol. The maximum absolute atomic E-state index is 10.0. The average molecular weight is 333 g/mol. The van der Waals surface area contributed by atoms with Gasteiger partial charge in [-0.1, -0.05) is 6.42 Å². The molecule has 0 radical (unpaired) electrons. The summed E-state index contributed by atoms with van der Waals surface area (Å²) < 4.78 is 5.19. The largest absolute Gasteiger partial charge is 0.396 e. The lowest BCUT2D eigenvalue weighted by molar-refractivity contribution is 0.0818. The maximum atomic E-state index is 10.0. The molecule has 0 unspecified atom stereocenters. The SMILES string of the molecule is COCCC[C@@]1(CO)CCCN(c2nc(C)cc(C3CCC3)n2)C1. The van der Waals surface area contributed by atoms with Gasteiger partial charge in [0.1, 0.15) is 0 Å². The van der Waals surface area contributed by atoms with Crippen molar-refractivity contribution in [1.29, 1.82) is 0 Å². The van der Waals surface area contributed by atoms with E-state index in [9.17, 15) is 5.11 Å². The highest BCUT2D eigenvalue weighted by molar-refractivity contribution is 5.35. The van der Waals surface area contributed by atoms with Gasteiger partial charge in [0.2, 0.25) is 5.95 Å². The minimum atomic E-state index is -0.0412. The molecule has 0 bridgehead atoms. The van der Waals surface area contributed by atoms with E-state index in [2.05, 4.69) is 17.9 Å². The smallest absolute Gasteiger partial charge is 0.225 e. The molecule has 3 rings (SSSR count). The molecule has 1 aromatic heterocycles. The predicted octanol–water partition coefficient (Wildman–Crippen LogP) is 3.06. The number of piperidine rings is 1. The van der Waals surface area contributed by atoms with E-state index >= 15 is 0 Å². The summed E-state index contributed by atoms with van der Waals surface area (Å²) in [5.41, 5.74) is 2.23. The van der Waals surface area contributed by atoms with Crippen LogP contribution in [0.4, 0.5) is 5.95 Å². The third kappa shape index (κ3) is 3.89. The van der Waals surface area contributed by atoms with Gasteiger partial charge in [0.05, 0.1) is 6.61 Å². The number of anilines is 1. The molecule has 1 aliphatic carbocycles. The lowest BCUT2D eigenvalue weighted by atomic mass is 9.77. The van der Waals surface area contributed by atoms with Crippen LogP contribution >= 0.6 is 0 Å². The van der Waals surface area contributed by atoms with E-state index in [1.54, 1.807) is 7.11 Å². The second-order valence-corrected chi connectivity index (χ2v) is 7.64. The zero-order valence-electron chi connectivity index (χ0n) is 15.1. The van der Waals surface area contributed by atoms with Crippen LogP contribution in [0.2, 0.25) is 0 Å². The molecule has 5 nitrogen and oxygen atoms in total. The van der Waals surface area contributed by atoms with Gasteiger partial charge in [0.15, 0.2) is 0 Å². The number of nitrogens with zero attached hydrogens (tertiary/aromatic N) is 3. The molecule has 1 saturated carbocycles. The van der Waals surface area contributed by atoms with Gasteiger partial charge in [-0.25, -0.2) is 9.97 Å². The lowest BCUT2D eigenvalue weighted by Gasteiger charge is -2.42. The van der Waals surface area contributed by atoms with Crippen molar-refractivity contribution in [3.8, 4) is 0 Å². The fourth-order valence-corrected chi connectivity index (χ4v) is 4.01. The van der Waals surface area contributed by atoms with Crippen LogP contribution in [0.5, 0.6) is 0 Å². The number of methoxy groups -OCH3 is 1. The Bertz CT molecular complexity index is 547. The van der Waals surface area contributed by atoms with Crippen LogP contribution in [0.1, 0.15) is 62.3 Å². The number of ether oxygens (including phenoxy) is 1. The van der Waals surface area contributed by atoms with Crippen molar-refractivity contribution in [2.24, 2.45) is 5.41 Å². The Balaban J connectivity index is 1.74. The van der Waals surface area contributed by atoms with E-state index in [1.165, 1.54) is 25.0 Å². The second-order valence-electron chi connectivity index (χ2n) is 7.64. The standard InChI is InChI=1S/C19H31N3O2/c1-15-12-17(16-6-3-7-16)21-18(20-15)22-10-4-8-19(13-22,14-23)9-5-11-24-2/h12,16,23H,3-11,13-14H2,1-2H3/t19-/m0/s1. The fraction of sp³-hybridized carbons (Fsp3) is 0.789. The Kier molecular flexibility index (Phi) is 5.72. The summed E-state index contributed by atoms with van der Waals surface area (Å²) >= 11 is 0. The number of aromatic nitrogens is 2. The Morgan fingerprint density at radius 3 is 2.83 bits per heavy atom. The number of rotatable bonds is 7. The summed E-state index contributed by atoms with van der Waals surface area (Å²) in [6.45, 7) is 4.89. The van der Waals surface area contributed by atoms with Crippen LogP contribution in [-0.4, -0.2) is 48.5 Å². The first-order valence-corrected chi connectivity index (χ1v) is 9.36. The summed E-state index contributed by atoms with van der Waals surface area (Å²) in [6.07, 6.45) is 7.98. The predicted molar refractivity (Wildman–Crippen MR) is 95.4 cm³/mol. The minimum Gasteiger partial charge on any atom is -0.396 e. The van der Waals surface area contributed by atoms with E-state index in [4.69, 9.17) is 14.7 Å². The van der Waals surface area contributed by atoms with E-state index in [0.29, 0.717) is 5.92 Å². The first-order chi connectivity index (χ1) is 11.7. The molecule has 0 aromatic carbocycles. The van der Waals surface area contributed by atoms with Crippen LogP contribution in [0.25, 0.3) is 0 Å². The van der Waals surface area contributed by atoms with Gasteiger partial charge in [-0.05, 0) is 51.5 Å². The summed E-state index contributed by atoms with van der Waals surface area (Å²) in [4.78, 5) is 11.9. The highest BCUT2D eigenvalue weighted by Crippen LogP contribution is 2.38. The maximum Gasteiger partial charge on any atom is 0.225 e. The quantitative estimate of drug-likeness (QED) is 0.777. The van der Waals surface area contributed by atoms with Crippen molar-refractivity contribution in [2.75, 3.05) is 38.3 Å². The van der Waals surface area contributed by atoms with Crippen LogP contribution in [0, 0.1) is 12.3 Å². The molecule has 1 saturated heterocycles. The van der Waals surface area contributed by atoms with E-state index < -0.39 is 0 Å². The molecule has 1 N–H and O–H groups in total. The van der Waals surface area contributed by atoms with E-state index in [-0.39, 0.29) is 12.0 Å². The third-order valence-corrected chi connectivity index (χ3v) is 5.72. The highest BCUT2D eigenvalue weighted by Gasteiger charge is 2.36. The van der Waals surface area contributed by atoms with Crippen LogP contribution < -0.4 is 4.90 Å². The zero-order chi connectivity index (χ0) is 17.0. The number of aliphatic hydroxyl groups is 1. The fourth-order valence-electron chi connectivity index (χ4n) is 4.01. The van der Waals surface area contributed by atoms with Crippen LogP contribution in [0.3, 0.4) is 0 Å². The van der Waals surface area contributed by atoms with Crippen molar-refractivity contribution in [3.63, 3.8) is 0 Å². The molecule has 134 valence electrons. The molecule has 24 heavy (non-hydrogen) atoms. The first kappa shape index (κ1) is 17.6. The number of hydrogen-bond donors (Lipinski definition) is 1. The number of hydrogen-bond acceptors (Lipinski definition) is 5.